The second-order valence-electron chi connectivity index (χ2n) is 5.06. The molecule has 110 valence electrons. The van der Waals surface area contributed by atoms with Crippen LogP contribution in [-0.2, 0) is 11.2 Å². The molecule has 6 nitrogen and oxygen atoms in total. The molecule has 3 rings (SSSR count). The largest absolute Gasteiger partial charge is 0.497 e. The summed E-state index contributed by atoms with van der Waals surface area (Å²) in [5.74, 6) is 2.14. The maximum Gasteiger partial charge on any atom is 0.228 e. The van der Waals surface area contributed by atoms with E-state index in [2.05, 4.69) is 15.5 Å². The molecule has 0 spiro atoms. The van der Waals surface area contributed by atoms with Gasteiger partial charge in [-0.25, -0.2) is 0 Å². The van der Waals surface area contributed by atoms with Crippen molar-refractivity contribution in [1.29, 1.82) is 0 Å². The zero-order valence-electron chi connectivity index (χ0n) is 11.8. The third kappa shape index (κ3) is 3.39. The zero-order valence-corrected chi connectivity index (χ0v) is 11.8. The van der Waals surface area contributed by atoms with Crippen LogP contribution >= 0.6 is 0 Å². The Labute approximate surface area is 122 Å². The highest BCUT2D eigenvalue weighted by Crippen LogP contribution is 2.28. The number of aromatic nitrogens is 2. The Morgan fingerprint density at radius 2 is 2.33 bits per heavy atom. The lowest BCUT2D eigenvalue weighted by molar-refractivity contribution is -0.122. The number of amides is 1. The number of carbonyl (C=O) groups is 1. The van der Waals surface area contributed by atoms with Crippen molar-refractivity contribution in [3.63, 3.8) is 0 Å². The average Bonchev–Trinajstić information content (AvgIpc) is 3.27. The van der Waals surface area contributed by atoms with E-state index >= 15 is 0 Å². The van der Waals surface area contributed by atoms with E-state index in [9.17, 15) is 4.79 Å². The summed E-state index contributed by atoms with van der Waals surface area (Å²) in [5, 5.41) is 6.83. The Balaban J connectivity index is 1.58. The first-order valence-corrected chi connectivity index (χ1v) is 7.01. The highest BCUT2D eigenvalue weighted by atomic mass is 16.5. The number of rotatable bonds is 6. The molecule has 2 aromatic rings. The molecule has 1 heterocycles. The molecule has 1 N–H and O–H groups in total. The predicted molar refractivity (Wildman–Crippen MR) is 75.7 cm³/mol. The van der Waals surface area contributed by atoms with Gasteiger partial charge in [0.2, 0.25) is 17.6 Å². The second-order valence-corrected chi connectivity index (χ2v) is 5.06. The quantitative estimate of drug-likeness (QED) is 0.876. The lowest BCUT2D eigenvalue weighted by Crippen LogP contribution is -2.26. The maximum atomic E-state index is 11.5. The first-order chi connectivity index (χ1) is 10.3. The van der Waals surface area contributed by atoms with Gasteiger partial charge >= 0.3 is 0 Å². The van der Waals surface area contributed by atoms with E-state index < -0.39 is 0 Å². The SMILES string of the molecule is COc1cccc(-c2noc(CCNC(=O)C3CC3)n2)c1. The molecule has 1 aliphatic carbocycles. The lowest BCUT2D eigenvalue weighted by Gasteiger charge is -2.00. The fourth-order valence-corrected chi connectivity index (χ4v) is 2.02. The number of hydrogen-bond acceptors (Lipinski definition) is 5. The first kappa shape index (κ1) is 13.6. The van der Waals surface area contributed by atoms with E-state index in [1.807, 2.05) is 24.3 Å². The summed E-state index contributed by atoms with van der Waals surface area (Å²) in [6.45, 7) is 0.523. The number of carbonyl (C=O) groups excluding carboxylic acids is 1. The van der Waals surface area contributed by atoms with Crippen molar-refractivity contribution in [1.82, 2.24) is 15.5 Å². The molecule has 0 unspecified atom stereocenters. The molecule has 0 aliphatic heterocycles. The van der Waals surface area contributed by atoms with Gasteiger partial charge in [-0.05, 0) is 25.0 Å². The predicted octanol–water partition coefficient (Wildman–Crippen LogP) is 1.81. The van der Waals surface area contributed by atoms with Crippen molar-refractivity contribution < 1.29 is 14.1 Å². The number of hydrogen-bond donors (Lipinski definition) is 1. The van der Waals surface area contributed by atoms with Crippen LogP contribution in [0.25, 0.3) is 11.4 Å². The normalized spacial score (nSPS) is 14.0. The van der Waals surface area contributed by atoms with E-state index in [0.717, 1.165) is 24.2 Å². The van der Waals surface area contributed by atoms with Gasteiger partial charge in [0.1, 0.15) is 5.75 Å². The van der Waals surface area contributed by atoms with Crippen LogP contribution in [0.3, 0.4) is 0 Å². The Hall–Kier alpha value is -2.37. The molecule has 1 amide bonds. The summed E-state index contributed by atoms with van der Waals surface area (Å²) >= 11 is 0. The molecular weight excluding hydrogens is 270 g/mol. The van der Waals surface area contributed by atoms with Crippen molar-refractivity contribution in [2.75, 3.05) is 13.7 Å². The van der Waals surface area contributed by atoms with Crippen LogP contribution in [0, 0.1) is 5.92 Å². The van der Waals surface area contributed by atoms with Gasteiger partial charge in [-0.3, -0.25) is 4.79 Å². The Kier molecular flexibility index (Phi) is 3.85. The Bertz CT molecular complexity index is 635. The van der Waals surface area contributed by atoms with Crippen molar-refractivity contribution in [3.8, 4) is 17.1 Å². The molecule has 6 heteroatoms. The fourth-order valence-electron chi connectivity index (χ4n) is 2.02. The van der Waals surface area contributed by atoms with Crippen molar-refractivity contribution in [2.45, 2.75) is 19.3 Å². The summed E-state index contributed by atoms with van der Waals surface area (Å²) in [4.78, 5) is 15.8. The van der Waals surface area contributed by atoms with Crippen LogP contribution in [0.2, 0.25) is 0 Å². The zero-order chi connectivity index (χ0) is 14.7. The van der Waals surface area contributed by atoms with Crippen molar-refractivity contribution >= 4 is 5.91 Å². The number of ether oxygens (including phenoxy) is 1. The molecule has 0 bridgehead atoms. The molecule has 1 aliphatic rings. The van der Waals surface area contributed by atoms with Gasteiger partial charge in [0.05, 0.1) is 7.11 Å². The van der Waals surface area contributed by atoms with Gasteiger partial charge in [0.25, 0.3) is 0 Å². The Morgan fingerprint density at radius 1 is 1.48 bits per heavy atom. The van der Waals surface area contributed by atoms with Gasteiger partial charge in [-0.2, -0.15) is 4.98 Å². The molecule has 0 radical (unpaired) electrons. The lowest BCUT2D eigenvalue weighted by atomic mass is 10.2. The summed E-state index contributed by atoms with van der Waals surface area (Å²) < 4.78 is 10.4. The van der Waals surface area contributed by atoms with E-state index in [-0.39, 0.29) is 11.8 Å². The molecule has 21 heavy (non-hydrogen) atoms. The number of methoxy groups -OCH3 is 1. The summed E-state index contributed by atoms with van der Waals surface area (Å²) in [7, 11) is 1.61. The van der Waals surface area contributed by atoms with Gasteiger partial charge in [-0.1, -0.05) is 17.3 Å². The molecule has 0 saturated heterocycles. The van der Waals surface area contributed by atoms with Crippen LogP contribution in [0.5, 0.6) is 5.75 Å². The third-order valence-electron chi connectivity index (χ3n) is 3.38. The number of nitrogens with zero attached hydrogens (tertiary/aromatic N) is 2. The molecular formula is C15H17N3O3. The van der Waals surface area contributed by atoms with Gasteiger partial charge < -0.3 is 14.6 Å². The molecule has 0 atom stereocenters. The first-order valence-electron chi connectivity index (χ1n) is 7.01. The maximum absolute atomic E-state index is 11.5. The van der Waals surface area contributed by atoms with Gasteiger partial charge in [-0.15, -0.1) is 0 Å². The molecule has 1 aromatic heterocycles. The van der Waals surface area contributed by atoms with Crippen molar-refractivity contribution in [3.05, 3.63) is 30.2 Å². The third-order valence-corrected chi connectivity index (χ3v) is 3.38. The van der Waals surface area contributed by atoms with Gasteiger partial charge in [0, 0.05) is 24.4 Å². The summed E-state index contributed by atoms with van der Waals surface area (Å²) in [6.07, 6.45) is 2.55. The van der Waals surface area contributed by atoms with Gasteiger partial charge in [0.15, 0.2) is 0 Å². The van der Waals surface area contributed by atoms with Crippen LogP contribution in [0.15, 0.2) is 28.8 Å². The minimum absolute atomic E-state index is 0.127. The van der Waals surface area contributed by atoms with Crippen LogP contribution in [-0.4, -0.2) is 29.7 Å². The van der Waals surface area contributed by atoms with E-state index in [1.165, 1.54) is 0 Å². The number of benzene rings is 1. The van der Waals surface area contributed by atoms with Crippen molar-refractivity contribution in [2.24, 2.45) is 5.92 Å². The highest BCUT2D eigenvalue weighted by Gasteiger charge is 2.29. The molecule has 1 saturated carbocycles. The minimum atomic E-state index is 0.127. The fraction of sp³-hybridized carbons (Fsp3) is 0.400. The molecule has 1 aromatic carbocycles. The highest BCUT2D eigenvalue weighted by molar-refractivity contribution is 5.80. The average molecular weight is 287 g/mol. The topological polar surface area (TPSA) is 77.3 Å². The number of nitrogens with one attached hydrogen (secondary N) is 1. The molecule has 1 fully saturated rings. The Morgan fingerprint density at radius 3 is 3.10 bits per heavy atom. The van der Waals surface area contributed by atoms with Crippen LogP contribution in [0.4, 0.5) is 0 Å². The standard InChI is InChI=1S/C15H17N3O3/c1-20-12-4-2-3-11(9-12)14-17-13(21-18-14)7-8-16-15(19)10-5-6-10/h2-4,9-10H,5-8H2,1H3,(H,16,19). The smallest absolute Gasteiger partial charge is 0.228 e. The van der Waals surface area contributed by atoms with E-state index in [1.54, 1.807) is 7.11 Å². The summed E-state index contributed by atoms with van der Waals surface area (Å²) in [5.41, 5.74) is 0.839. The van der Waals surface area contributed by atoms with E-state index in [4.69, 9.17) is 9.26 Å². The van der Waals surface area contributed by atoms with E-state index in [0.29, 0.717) is 24.7 Å². The summed E-state index contributed by atoms with van der Waals surface area (Å²) in [6, 6.07) is 7.48. The second kappa shape index (κ2) is 5.95. The van der Waals surface area contributed by atoms with Crippen LogP contribution < -0.4 is 10.1 Å². The minimum Gasteiger partial charge on any atom is -0.497 e. The monoisotopic (exact) mass is 287 g/mol. The van der Waals surface area contributed by atoms with Crippen LogP contribution in [0.1, 0.15) is 18.7 Å².